The normalized spacial score (nSPS) is 18.1. The average molecular weight is 1810 g/mol. The molecule has 30 nitrogen and oxygen atoms in total. The van der Waals surface area contributed by atoms with E-state index in [4.69, 9.17) is 28.4 Å². The molecule has 3 aliphatic rings. The predicted molar refractivity (Wildman–Crippen MR) is 472 cm³/mol. The summed E-state index contributed by atoms with van der Waals surface area (Å²) >= 11 is 4.64. The van der Waals surface area contributed by atoms with Gasteiger partial charge in [0.2, 0.25) is 36.2 Å². The zero-order valence-electron chi connectivity index (χ0n) is 72.5. The molecule has 0 radical (unpaired) electrons. The van der Waals surface area contributed by atoms with Crippen molar-refractivity contribution in [1.29, 1.82) is 0 Å². The number of ether oxygens (including phenoxy) is 6. The molecule has 38 heteroatoms. The molecule has 0 saturated heterocycles. The van der Waals surface area contributed by atoms with Gasteiger partial charge in [-0.3, -0.25) is 16.0 Å². The standard InChI is InChI=1S/2C27H40N4O6S2.C27H38N4O6S2.CH3FS/c3*1-16(2)36-25(32)29-19-10-8-18(9-11-19)24-28-15-22(38-24)21-13-12-20(30-26(33)37-17(3)4)14-23(21)39(34,35)31-27(5,6)7;1-3-2/h2*12-19,31H,8-11H2,1-7H3,(H,29,32)(H,30,33);12-19,31H,1,8-11H2,2-7H3,(H-,29,30,32,33);1H3/p+1. The van der Waals surface area contributed by atoms with E-state index in [-0.39, 0.29) is 93.2 Å². The monoisotopic (exact) mass is 1810 g/mol. The molecule has 6 aromatic rings. The van der Waals surface area contributed by atoms with Crippen molar-refractivity contribution in [2.75, 3.05) is 22.2 Å². The number of sulfonamides is 3. The van der Waals surface area contributed by atoms with E-state index < -0.39 is 89.4 Å². The van der Waals surface area contributed by atoms with Crippen molar-refractivity contribution in [3.05, 3.63) is 95.1 Å². The number of hydrogen-bond donors (Lipinski definition) is 9. The zero-order chi connectivity index (χ0) is 89.6. The molecule has 0 aliphatic heterocycles. The molecule has 1 unspecified atom stereocenters. The van der Waals surface area contributed by atoms with Gasteiger partial charge >= 0.3 is 36.6 Å². The maximum atomic E-state index is 13.4. The van der Waals surface area contributed by atoms with Crippen LogP contribution < -0.4 is 46.1 Å². The second-order valence-electron chi connectivity index (χ2n) is 34.0. The van der Waals surface area contributed by atoms with E-state index >= 15 is 0 Å². The van der Waals surface area contributed by atoms with Crippen molar-refractivity contribution in [3.8, 4) is 31.3 Å². The minimum absolute atomic E-state index is 0.0366. The molecule has 120 heavy (non-hydrogen) atoms. The fraction of sp³-hybridized carbons (Fsp3) is 0.585. The molecule has 1 atom stereocenters. The molecule has 3 fully saturated rings. The number of hydrogen-bond acceptors (Lipinski definition) is 25. The van der Waals surface area contributed by atoms with Gasteiger partial charge in [0, 0.05) is 130 Å². The lowest BCUT2D eigenvalue weighted by Crippen LogP contribution is -2.40. The summed E-state index contributed by atoms with van der Waals surface area (Å²) in [6, 6.07) is 14.5. The molecule has 3 aliphatic carbocycles. The fourth-order valence-electron chi connectivity index (χ4n) is 13.0. The topological polar surface area (TPSA) is 407 Å². The molecule has 9 N–H and O–H groups in total. The molecule has 6 amide bonds. The number of amides is 6. The molecule has 3 aromatic heterocycles. The van der Waals surface area contributed by atoms with Crippen LogP contribution in [-0.4, -0.2) is 154 Å². The van der Waals surface area contributed by atoms with Crippen molar-refractivity contribution >= 4 is 130 Å². The number of carbonyl (C=O) groups excluding carboxylic acids is 6. The number of nitrogens with zero attached hydrogens (tertiary/aromatic N) is 3. The number of halogens is 1. The van der Waals surface area contributed by atoms with Crippen LogP contribution in [0.4, 0.5) is 49.7 Å². The SMILES string of the molecule is CC(C)OC(=O)Nc1ccc(-c2cnc(C3CCC(NC(=O)OC(C)C)CC3)s2)c(S(=O)(=O)NC(C)(C)C)c1.CC(C)OC(=O)Nc1ccc(-c2cnc(C3CCC(NC(=O)OC(C)C)CC3)s2)c(S(=O)(=O)NC(C)(C)C)c1.CSF.[CH2+]C(C)OC(=O)NC1CCC(c2ncc(-c3ccc(NC(=O)OC(C)C)cc3S(=O)(=O)NC(C)(C)C)s2)CC1. The highest BCUT2D eigenvalue weighted by Crippen LogP contribution is 2.44. The van der Waals surface area contributed by atoms with Gasteiger partial charge < -0.3 is 44.4 Å². The lowest BCUT2D eigenvalue weighted by molar-refractivity contribution is 0.108. The third kappa shape index (κ3) is 34.0. The van der Waals surface area contributed by atoms with Crippen LogP contribution in [0.5, 0.6) is 0 Å². The first-order valence-corrected chi connectivity index (χ1v) is 48.1. The molecule has 3 heterocycles. The van der Waals surface area contributed by atoms with Gasteiger partial charge in [0.15, 0.2) is 0 Å². The van der Waals surface area contributed by atoms with Crippen LogP contribution in [0.3, 0.4) is 0 Å². The van der Waals surface area contributed by atoms with Gasteiger partial charge in [-0.25, -0.2) is 83.1 Å². The quantitative estimate of drug-likeness (QED) is 0.0201. The molecule has 666 valence electrons. The zero-order valence-corrected chi connectivity index (χ0v) is 78.2. The van der Waals surface area contributed by atoms with Gasteiger partial charge in [0.25, 0.3) is 0 Å². The van der Waals surface area contributed by atoms with Crippen LogP contribution in [0, 0.1) is 6.92 Å². The van der Waals surface area contributed by atoms with Crippen LogP contribution in [0.25, 0.3) is 31.3 Å². The molecule has 3 saturated carbocycles. The van der Waals surface area contributed by atoms with Crippen molar-refractivity contribution in [2.45, 2.75) is 319 Å². The highest BCUT2D eigenvalue weighted by atomic mass is 32.2. The molecule has 0 spiro atoms. The minimum atomic E-state index is -3.94. The first-order chi connectivity index (χ1) is 55.8. The molecule has 9 rings (SSSR count). The summed E-state index contributed by atoms with van der Waals surface area (Å²) in [5.41, 5.74) is 0.317. The van der Waals surface area contributed by atoms with Crippen LogP contribution in [0.15, 0.2) is 87.9 Å². The van der Waals surface area contributed by atoms with E-state index in [1.807, 2.05) is 27.7 Å². The Balaban J connectivity index is 0.000000274. The summed E-state index contributed by atoms with van der Waals surface area (Å²) in [7, 11) is -11.8. The summed E-state index contributed by atoms with van der Waals surface area (Å²) in [6.45, 7) is 38.9. The third-order valence-corrected chi connectivity index (χ3v) is 26.4. The van der Waals surface area contributed by atoms with E-state index in [0.29, 0.717) is 38.6 Å². The van der Waals surface area contributed by atoms with E-state index in [2.05, 4.69) is 67.9 Å². The number of alkyl carbamates (subject to hydrolysis) is 3. The maximum absolute atomic E-state index is 13.4. The van der Waals surface area contributed by atoms with Crippen LogP contribution >= 0.6 is 46.2 Å². The van der Waals surface area contributed by atoms with Crippen LogP contribution in [0.2, 0.25) is 0 Å². The number of nitrogens with one attached hydrogen (secondary N) is 9. The Morgan fingerprint density at radius 1 is 0.392 bits per heavy atom. The smallest absolute Gasteiger partial charge is 0.411 e. The Hall–Kier alpha value is -7.95. The summed E-state index contributed by atoms with van der Waals surface area (Å²) < 4.78 is 130. The maximum Gasteiger partial charge on any atom is 0.411 e. The lowest BCUT2D eigenvalue weighted by Gasteiger charge is -2.28. The number of anilines is 3. The average Bonchev–Trinajstić information content (AvgIpc) is 1.36. The second kappa shape index (κ2) is 44.9. The summed E-state index contributed by atoms with van der Waals surface area (Å²) in [5, 5.41) is 19.4. The Morgan fingerprint density at radius 2 is 0.608 bits per heavy atom. The van der Waals surface area contributed by atoms with Crippen LogP contribution in [-0.2, 0) is 58.5 Å². The molecular weight excluding hydrogens is 1680 g/mol. The fourth-order valence-corrected chi connectivity index (χ4v) is 21.6. The highest BCUT2D eigenvalue weighted by Gasteiger charge is 2.35. The number of rotatable bonds is 24. The van der Waals surface area contributed by atoms with Gasteiger partial charge in [0.1, 0.15) is 6.92 Å². The molecule has 3 aromatic carbocycles. The predicted octanol–water partition coefficient (Wildman–Crippen LogP) is 19.1. The van der Waals surface area contributed by atoms with Crippen molar-refractivity contribution in [3.63, 3.8) is 0 Å². The number of thiazole rings is 3. The van der Waals surface area contributed by atoms with E-state index in [1.165, 1.54) is 58.5 Å². The van der Waals surface area contributed by atoms with Gasteiger partial charge in [-0.05, 0) is 245 Å². The number of benzene rings is 3. The van der Waals surface area contributed by atoms with E-state index in [0.717, 1.165) is 102 Å². The summed E-state index contributed by atoms with van der Waals surface area (Å²) in [5.74, 6) is 0.661. The highest BCUT2D eigenvalue weighted by molar-refractivity contribution is 7.93. The number of aromatic nitrogens is 3. The van der Waals surface area contributed by atoms with Crippen LogP contribution in [0.1, 0.15) is 248 Å². The van der Waals surface area contributed by atoms with Crippen molar-refractivity contribution in [2.24, 2.45) is 0 Å². The first kappa shape index (κ1) is 101. The largest absolute Gasteiger partial charge is 0.447 e. The summed E-state index contributed by atoms with van der Waals surface area (Å²) in [4.78, 5) is 88.4. The Bertz CT molecular complexity index is 4280. The Morgan fingerprint density at radius 3 is 0.817 bits per heavy atom. The first-order valence-electron chi connectivity index (χ1n) is 40.0. The van der Waals surface area contributed by atoms with Gasteiger partial charge in [0.05, 0.1) is 74.9 Å². The Labute approximate surface area is 724 Å². The number of carbonyl (C=O) groups is 6. The van der Waals surface area contributed by atoms with Gasteiger partial charge in [-0.1, -0.05) is 18.2 Å². The summed E-state index contributed by atoms with van der Waals surface area (Å²) in [6.07, 6.45) is 11.5. The van der Waals surface area contributed by atoms with Crippen molar-refractivity contribution in [1.82, 2.24) is 45.1 Å². The molecule has 0 bridgehead atoms. The third-order valence-electron chi connectivity index (χ3n) is 17.5. The van der Waals surface area contributed by atoms with Gasteiger partial charge in [-0.15, -0.1) is 34.0 Å². The second-order valence-corrected chi connectivity index (χ2v) is 42.4. The van der Waals surface area contributed by atoms with E-state index in [9.17, 15) is 57.9 Å². The van der Waals surface area contributed by atoms with Crippen molar-refractivity contribution < 1.29 is 86.3 Å². The minimum Gasteiger partial charge on any atom is -0.447 e. The lowest BCUT2D eigenvalue weighted by atomic mass is 9.86. The van der Waals surface area contributed by atoms with E-state index in [1.54, 1.807) is 166 Å². The Kier molecular flexibility index (Phi) is 37.7. The van der Waals surface area contributed by atoms with Gasteiger partial charge in [-0.2, -0.15) is 3.89 Å². The molecular formula is C82H122FN12O18S7+.